The molecule has 1 saturated heterocycles. The summed E-state index contributed by atoms with van der Waals surface area (Å²) in [5, 5.41) is 9.83. The lowest BCUT2D eigenvalue weighted by molar-refractivity contribution is 0.192. The second kappa shape index (κ2) is 4.81. The fourth-order valence-electron chi connectivity index (χ4n) is 2.17. The highest BCUT2D eigenvalue weighted by Crippen LogP contribution is 2.33. The molecule has 1 aliphatic rings. The fourth-order valence-corrected chi connectivity index (χ4v) is 2.17. The van der Waals surface area contributed by atoms with E-state index in [2.05, 4.69) is 36.1 Å². The van der Waals surface area contributed by atoms with Gasteiger partial charge in [-0.25, -0.2) is 0 Å². The smallest absolute Gasteiger partial charge is 0.0888 e. The van der Waals surface area contributed by atoms with Gasteiger partial charge in [-0.3, -0.25) is 4.90 Å². The summed E-state index contributed by atoms with van der Waals surface area (Å²) >= 11 is 0. The number of aliphatic hydroxyl groups excluding tert-OH is 1. The van der Waals surface area contributed by atoms with Gasteiger partial charge in [0.2, 0.25) is 0 Å². The van der Waals surface area contributed by atoms with Crippen LogP contribution in [0.1, 0.15) is 25.5 Å². The van der Waals surface area contributed by atoms with Crippen molar-refractivity contribution in [2.45, 2.75) is 32.0 Å². The highest BCUT2D eigenvalue weighted by atomic mass is 16.3. The van der Waals surface area contributed by atoms with Crippen molar-refractivity contribution in [2.75, 3.05) is 6.54 Å². The molecule has 1 aromatic rings. The first kappa shape index (κ1) is 11.4. The summed E-state index contributed by atoms with van der Waals surface area (Å²) in [6, 6.07) is 11.1. The molecule has 0 aromatic heterocycles. The number of hydrogen-bond acceptors (Lipinski definition) is 2. The van der Waals surface area contributed by atoms with Crippen LogP contribution < -0.4 is 0 Å². The SMILES string of the molecule is C/C=C/[C@@H](O)[C@@H]1CN1[C@H](C)c1ccccc1. The third-order valence-electron chi connectivity index (χ3n) is 3.25. The van der Waals surface area contributed by atoms with Gasteiger partial charge in [0.15, 0.2) is 0 Å². The Morgan fingerprint density at radius 2 is 2.06 bits per heavy atom. The van der Waals surface area contributed by atoms with Crippen molar-refractivity contribution in [3.05, 3.63) is 48.0 Å². The third kappa shape index (κ3) is 2.34. The van der Waals surface area contributed by atoms with Crippen molar-refractivity contribution < 1.29 is 5.11 Å². The van der Waals surface area contributed by atoms with E-state index in [-0.39, 0.29) is 6.10 Å². The van der Waals surface area contributed by atoms with Crippen molar-refractivity contribution >= 4 is 0 Å². The van der Waals surface area contributed by atoms with Crippen LogP contribution in [-0.2, 0) is 0 Å². The van der Waals surface area contributed by atoms with Crippen LogP contribution in [0.25, 0.3) is 0 Å². The summed E-state index contributed by atoms with van der Waals surface area (Å²) in [6.45, 7) is 5.12. The molecular formula is C14H19NO. The maximum atomic E-state index is 9.83. The summed E-state index contributed by atoms with van der Waals surface area (Å²) in [5.41, 5.74) is 1.32. The Bertz CT molecular complexity index is 360. The minimum atomic E-state index is -0.323. The monoisotopic (exact) mass is 217 g/mol. The maximum Gasteiger partial charge on any atom is 0.0888 e. The number of aliphatic hydroxyl groups is 1. The zero-order chi connectivity index (χ0) is 11.5. The molecule has 1 N–H and O–H groups in total. The Morgan fingerprint density at radius 1 is 1.38 bits per heavy atom. The molecule has 1 heterocycles. The molecule has 0 radical (unpaired) electrons. The summed E-state index contributed by atoms with van der Waals surface area (Å²) in [7, 11) is 0. The summed E-state index contributed by atoms with van der Waals surface area (Å²) in [4.78, 5) is 2.32. The lowest BCUT2D eigenvalue weighted by atomic mass is 10.1. The molecule has 16 heavy (non-hydrogen) atoms. The molecule has 0 aliphatic carbocycles. The molecule has 4 atom stereocenters. The van der Waals surface area contributed by atoms with E-state index in [1.165, 1.54) is 5.56 Å². The van der Waals surface area contributed by atoms with Crippen LogP contribution in [0.4, 0.5) is 0 Å². The average Bonchev–Trinajstić information content (AvgIpc) is 3.09. The Labute approximate surface area is 97.2 Å². The highest BCUT2D eigenvalue weighted by molar-refractivity contribution is 5.21. The van der Waals surface area contributed by atoms with Gasteiger partial charge < -0.3 is 5.11 Å². The van der Waals surface area contributed by atoms with Gasteiger partial charge in [0, 0.05) is 12.6 Å². The standard InChI is InChI=1S/C14H19NO/c1-3-7-14(16)13-10-15(13)11(2)12-8-5-4-6-9-12/h3-9,11,13-14,16H,10H2,1-2H3/b7-3+/t11-,13+,14-,15?/m1/s1. The van der Waals surface area contributed by atoms with Crippen LogP contribution in [-0.4, -0.2) is 28.7 Å². The van der Waals surface area contributed by atoms with E-state index in [4.69, 9.17) is 0 Å². The quantitative estimate of drug-likeness (QED) is 0.618. The molecule has 2 heteroatoms. The zero-order valence-electron chi connectivity index (χ0n) is 9.88. The number of benzene rings is 1. The van der Waals surface area contributed by atoms with Crippen LogP contribution in [0.3, 0.4) is 0 Å². The van der Waals surface area contributed by atoms with E-state index in [0.29, 0.717) is 12.1 Å². The first-order chi connectivity index (χ1) is 7.74. The summed E-state index contributed by atoms with van der Waals surface area (Å²) < 4.78 is 0. The van der Waals surface area contributed by atoms with E-state index in [0.717, 1.165) is 6.54 Å². The molecular weight excluding hydrogens is 198 g/mol. The summed E-state index contributed by atoms with van der Waals surface area (Å²) in [6.07, 6.45) is 3.45. The van der Waals surface area contributed by atoms with Gasteiger partial charge in [0.1, 0.15) is 0 Å². The van der Waals surface area contributed by atoms with E-state index >= 15 is 0 Å². The van der Waals surface area contributed by atoms with Gasteiger partial charge >= 0.3 is 0 Å². The molecule has 86 valence electrons. The van der Waals surface area contributed by atoms with Crippen molar-refractivity contribution in [3.8, 4) is 0 Å². The molecule has 0 saturated carbocycles. The van der Waals surface area contributed by atoms with Crippen molar-refractivity contribution in [3.63, 3.8) is 0 Å². The van der Waals surface area contributed by atoms with Crippen molar-refractivity contribution in [1.82, 2.24) is 4.90 Å². The maximum absolute atomic E-state index is 9.83. The molecule has 1 unspecified atom stereocenters. The second-order valence-electron chi connectivity index (χ2n) is 4.37. The normalized spacial score (nSPS) is 27.9. The average molecular weight is 217 g/mol. The van der Waals surface area contributed by atoms with Crippen molar-refractivity contribution in [2.24, 2.45) is 0 Å². The number of hydrogen-bond donors (Lipinski definition) is 1. The molecule has 1 aliphatic heterocycles. The van der Waals surface area contributed by atoms with Crippen LogP contribution in [0, 0.1) is 0 Å². The van der Waals surface area contributed by atoms with Crippen LogP contribution in [0.5, 0.6) is 0 Å². The largest absolute Gasteiger partial charge is 0.387 e. The Kier molecular flexibility index (Phi) is 3.42. The van der Waals surface area contributed by atoms with Gasteiger partial charge in [-0.15, -0.1) is 0 Å². The lowest BCUT2D eigenvalue weighted by Crippen LogP contribution is -2.18. The molecule has 0 bridgehead atoms. The second-order valence-corrected chi connectivity index (χ2v) is 4.37. The van der Waals surface area contributed by atoms with Gasteiger partial charge in [0.25, 0.3) is 0 Å². The van der Waals surface area contributed by atoms with Gasteiger partial charge in [-0.1, -0.05) is 42.5 Å². The topological polar surface area (TPSA) is 23.2 Å². The van der Waals surface area contributed by atoms with E-state index in [1.807, 2.05) is 25.1 Å². The third-order valence-corrected chi connectivity index (χ3v) is 3.25. The van der Waals surface area contributed by atoms with Crippen LogP contribution in [0.15, 0.2) is 42.5 Å². The minimum absolute atomic E-state index is 0.298. The van der Waals surface area contributed by atoms with Gasteiger partial charge in [-0.2, -0.15) is 0 Å². The van der Waals surface area contributed by atoms with Gasteiger partial charge in [-0.05, 0) is 19.4 Å². The van der Waals surface area contributed by atoms with Crippen molar-refractivity contribution in [1.29, 1.82) is 0 Å². The van der Waals surface area contributed by atoms with Crippen LogP contribution >= 0.6 is 0 Å². The van der Waals surface area contributed by atoms with Crippen LogP contribution in [0.2, 0.25) is 0 Å². The number of nitrogens with zero attached hydrogens (tertiary/aromatic N) is 1. The Morgan fingerprint density at radius 3 is 2.69 bits per heavy atom. The number of allylic oxidation sites excluding steroid dienone is 1. The molecule has 2 nitrogen and oxygen atoms in total. The predicted molar refractivity (Wildman–Crippen MR) is 66.2 cm³/mol. The zero-order valence-corrected chi connectivity index (χ0v) is 9.88. The molecule has 1 fully saturated rings. The lowest BCUT2D eigenvalue weighted by Gasteiger charge is -2.15. The highest BCUT2D eigenvalue weighted by Gasteiger charge is 2.41. The Balaban J connectivity index is 1.97. The van der Waals surface area contributed by atoms with Gasteiger partial charge in [0.05, 0.1) is 12.1 Å². The molecule has 0 spiro atoms. The fraction of sp³-hybridized carbons (Fsp3) is 0.429. The molecule has 1 aromatic carbocycles. The van der Waals surface area contributed by atoms with E-state index in [9.17, 15) is 5.11 Å². The van der Waals surface area contributed by atoms with E-state index in [1.54, 1.807) is 0 Å². The minimum Gasteiger partial charge on any atom is -0.387 e. The summed E-state index contributed by atoms with van der Waals surface area (Å²) in [5.74, 6) is 0. The van der Waals surface area contributed by atoms with E-state index < -0.39 is 0 Å². The number of rotatable bonds is 4. The molecule has 2 rings (SSSR count). The predicted octanol–water partition coefficient (Wildman–Crippen LogP) is 2.37. The molecule has 0 amide bonds. The first-order valence-electron chi connectivity index (χ1n) is 5.85. The first-order valence-corrected chi connectivity index (χ1v) is 5.85. The Hall–Kier alpha value is -1.12.